The van der Waals surface area contributed by atoms with Crippen molar-refractivity contribution in [1.82, 2.24) is 4.98 Å². The van der Waals surface area contributed by atoms with Crippen LogP contribution in [-0.2, 0) is 0 Å². The van der Waals surface area contributed by atoms with E-state index < -0.39 is 5.82 Å². The Labute approximate surface area is 117 Å². The van der Waals surface area contributed by atoms with Crippen LogP contribution in [0.15, 0.2) is 24.4 Å². The number of hydrogen-bond donors (Lipinski definition) is 0. The van der Waals surface area contributed by atoms with Gasteiger partial charge in [0.15, 0.2) is 11.0 Å². The summed E-state index contributed by atoms with van der Waals surface area (Å²) in [5, 5.41) is 0.859. The average Bonchev–Trinajstić information content (AvgIpc) is 2.21. The molecule has 0 saturated carbocycles. The maximum absolute atomic E-state index is 13.3. The lowest BCUT2D eigenvalue weighted by atomic mass is 10.1. The quantitative estimate of drug-likeness (QED) is 0.634. The van der Waals surface area contributed by atoms with Gasteiger partial charge >= 0.3 is 0 Å². The van der Waals surface area contributed by atoms with Crippen LogP contribution in [-0.4, -0.2) is 4.98 Å². The Balaban J connectivity index is 2.64. The van der Waals surface area contributed by atoms with Crippen molar-refractivity contribution in [2.24, 2.45) is 0 Å². The Hall–Kier alpha value is -0.540. The highest BCUT2D eigenvalue weighted by Gasteiger charge is 2.12. The molecule has 0 fully saturated rings. The number of benzene rings is 1. The van der Waals surface area contributed by atoms with E-state index in [0.29, 0.717) is 26.2 Å². The van der Waals surface area contributed by atoms with Crippen molar-refractivity contribution < 1.29 is 4.39 Å². The zero-order valence-corrected chi connectivity index (χ0v) is 11.2. The summed E-state index contributed by atoms with van der Waals surface area (Å²) in [7, 11) is 0. The number of pyridine rings is 1. The molecular formula is C11H4Cl4FN. The van der Waals surface area contributed by atoms with E-state index in [1.165, 1.54) is 24.4 Å². The van der Waals surface area contributed by atoms with Crippen LogP contribution in [0.3, 0.4) is 0 Å². The molecule has 0 radical (unpaired) electrons. The van der Waals surface area contributed by atoms with Crippen molar-refractivity contribution in [3.63, 3.8) is 0 Å². The van der Waals surface area contributed by atoms with Crippen LogP contribution in [0.25, 0.3) is 11.1 Å². The fraction of sp³-hybridized carbons (Fsp3) is 0. The minimum absolute atomic E-state index is 0.199. The topological polar surface area (TPSA) is 12.9 Å². The fourth-order valence-corrected chi connectivity index (χ4v) is 2.51. The highest BCUT2D eigenvalue weighted by molar-refractivity contribution is 6.41. The Bertz CT molecular complexity index is 563. The first kappa shape index (κ1) is 12.9. The molecule has 6 heteroatoms. The maximum Gasteiger partial charge on any atom is 0.164 e. The van der Waals surface area contributed by atoms with Gasteiger partial charge in [-0.15, -0.1) is 0 Å². The van der Waals surface area contributed by atoms with Crippen molar-refractivity contribution in [2.45, 2.75) is 0 Å². The average molecular weight is 311 g/mol. The van der Waals surface area contributed by atoms with E-state index in [-0.39, 0.29) is 5.15 Å². The first-order chi connectivity index (χ1) is 7.99. The lowest BCUT2D eigenvalue weighted by Gasteiger charge is -2.08. The molecule has 88 valence electrons. The minimum Gasteiger partial charge on any atom is -0.241 e. The van der Waals surface area contributed by atoms with Gasteiger partial charge in [0.05, 0.1) is 10.0 Å². The molecule has 2 rings (SSSR count). The monoisotopic (exact) mass is 309 g/mol. The van der Waals surface area contributed by atoms with Crippen LogP contribution in [0.5, 0.6) is 0 Å². The second kappa shape index (κ2) is 4.99. The van der Waals surface area contributed by atoms with Crippen LogP contribution < -0.4 is 0 Å². The van der Waals surface area contributed by atoms with Crippen LogP contribution in [0, 0.1) is 5.82 Å². The third kappa shape index (κ3) is 2.66. The lowest BCUT2D eigenvalue weighted by molar-refractivity contribution is 0.622. The highest BCUT2D eigenvalue weighted by Crippen LogP contribution is 2.37. The van der Waals surface area contributed by atoms with Crippen molar-refractivity contribution >= 4 is 46.4 Å². The molecule has 2 aromatic rings. The normalized spacial score (nSPS) is 10.6. The zero-order valence-electron chi connectivity index (χ0n) is 8.15. The predicted octanol–water partition coefficient (Wildman–Crippen LogP) is 5.50. The Morgan fingerprint density at radius 2 is 1.53 bits per heavy atom. The maximum atomic E-state index is 13.3. The third-order valence-corrected chi connectivity index (χ3v) is 3.18. The lowest BCUT2D eigenvalue weighted by Crippen LogP contribution is -1.88. The van der Waals surface area contributed by atoms with E-state index in [1.807, 2.05) is 0 Å². The van der Waals surface area contributed by atoms with Crippen molar-refractivity contribution in [3.05, 3.63) is 50.4 Å². The van der Waals surface area contributed by atoms with Crippen molar-refractivity contribution in [2.75, 3.05) is 0 Å². The summed E-state index contributed by atoms with van der Waals surface area (Å²) in [4.78, 5) is 3.70. The molecule has 0 spiro atoms. The van der Waals surface area contributed by atoms with Gasteiger partial charge in [-0.1, -0.05) is 46.4 Å². The number of nitrogens with zero attached hydrogens (tertiary/aromatic N) is 1. The third-order valence-electron chi connectivity index (χ3n) is 2.09. The molecule has 1 aromatic heterocycles. The molecule has 0 aliphatic rings. The van der Waals surface area contributed by atoms with Gasteiger partial charge in [0, 0.05) is 22.3 Å². The number of aromatic nitrogens is 1. The number of hydrogen-bond acceptors (Lipinski definition) is 1. The number of halogens is 5. The molecule has 0 bridgehead atoms. The first-order valence-corrected chi connectivity index (χ1v) is 5.96. The summed E-state index contributed by atoms with van der Waals surface area (Å²) in [5.74, 6) is -0.633. The Morgan fingerprint density at radius 3 is 2.06 bits per heavy atom. The summed E-state index contributed by atoms with van der Waals surface area (Å²) in [6.07, 6.45) is 1.40. The largest absolute Gasteiger partial charge is 0.241 e. The van der Waals surface area contributed by atoms with Crippen LogP contribution in [0.2, 0.25) is 20.2 Å². The van der Waals surface area contributed by atoms with E-state index >= 15 is 0 Å². The smallest absolute Gasteiger partial charge is 0.164 e. The molecule has 0 saturated heterocycles. The zero-order chi connectivity index (χ0) is 12.6. The van der Waals surface area contributed by atoms with Crippen LogP contribution >= 0.6 is 46.4 Å². The second-order valence-electron chi connectivity index (χ2n) is 3.24. The van der Waals surface area contributed by atoms with Crippen molar-refractivity contribution in [3.8, 4) is 11.1 Å². The van der Waals surface area contributed by atoms with E-state index in [4.69, 9.17) is 46.4 Å². The molecule has 0 atom stereocenters. The van der Waals surface area contributed by atoms with Gasteiger partial charge in [0.25, 0.3) is 0 Å². The molecule has 1 heterocycles. The summed E-state index contributed by atoms with van der Waals surface area (Å²) >= 11 is 23.3. The Morgan fingerprint density at radius 1 is 0.941 bits per heavy atom. The minimum atomic E-state index is -0.633. The molecule has 0 N–H and O–H groups in total. The van der Waals surface area contributed by atoms with E-state index in [2.05, 4.69) is 4.98 Å². The summed E-state index contributed by atoms with van der Waals surface area (Å²) in [5.41, 5.74) is 0.916. The fourth-order valence-electron chi connectivity index (χ4n) is 1.38. The molecule has 17 heavy (non-hydrogen) atoms. The number of rotatable bonds is 1. The molecule has 0 aliphatic carbocycles. The van der Waals surface area contributed by atoms with Gasteiger partial charge < -0.3 is 0 Å². The molecule has 1 aromatic carbocycles. The van der Waals surface area contributed by atoms with E-state index in [9.17, 15) is 4.39 Å². The van der Waals surface area contributed by atoms with Gasteiger partial charge in [-0.2, -0.15) is 0 Å². The first-order valence-electron chi connectivity index (χ1n) is 4.45. The summed E-state index contributed by atoms with van der Waals surface area (Å²) < 4.78 is 13.3. The molecule has 0 unspecified atom stereocenters. The van der Waals surface area contributed by atoms with E-state index in [1.54, 1.807) is 0 Å². The van der Waals surface area contributed by atoms with Gasteiger partial charge in [0.2, 0.25) is 0 Å². The van der Waals surface area contributed by atoms with Crippen molar-refractivity contribution in [1.29, 1.82) is 0 Å². The standard InChI is InChI=1S/C11H4Cl4FN/c12-6-2-7(13)10(8(14)3-6)5-1-9(16)11(15)17-4-5/h1-4H. The van der Waals surface area contributed by atoms with Gasteiger partial charge in [-0.25, -0.2) is 9.37 Å². The molecule has 1 nitrogen and oxygen atoms in total. The molecule has 0 aliphatic heterocycles. The Kier molecular flexibility index (Phi) is 3.79. The van der Waals surface area contributed by atoms with E-state index in [0.717, 1.165) is 0 Å². The highest BCUT2D eigenvalue weighted by atomic mass is 35.5. The van der Waals surface area contributed by atoms with Gasteiger partial charge in [0.1, 0.15) is 0 Å². The predicted molar refractivity (Wildman–Crippen MR) is 69.7 cm³/mol. The van der Waals surface area contributed by atoms with Crippen LogP contribution in [0.4, 0.5) is 4.39 Å². The molecule has 0 amide bonds. The van der Waals surface area contributed by atoms with Crippen LogP contribution in [0.1, 0.15) is 0 Å². The summed E-state index contributed by atoms with van der Waals surface area (Å²) in [6.45, 7) is 0. The van der Waals surface area contributed by atoms with Gasteiger partial charge in [-0.3, -0.25) is 0 Å². The second-order valence-corrected chi connectivity index (χ2v) is 4.85. The SMILES string of the molecule is Fc1cc(-c2c(Cl)cc(Cl)cc2Cl)cnc1Cl. The van der Waals surface area contributed by atoms with Gasteiger partial charge in [-0.05, 0) is 18.2 Å². The molecular weight excluding hydrogens is 307 g/mol. The summed E-state index contributed by atoms with van der Waals surface area (Å²) in [6, 6.07) is 4.27.